The number of halogens is 2. The van der Waals surface area contributed by atoms with Gasteiger partial charge in [-0.25, -0.2) is 0 Å². The highest BCUT2D eigenvalue weighted by Crippen LogP contribution is 2.28. The summed E-state index contributed by atoms with van der Waals surface area (Å²) in [6.45, 7) is 5.78. The molecule has 1 aliphatic rings. The van der Waals surface area contributed by atoms with Crippen LogP contribution in [0.25, 0.3) is 0 Å². The van der Waals surface area contributed by atoms with Gasteiger partial charge in [0.2, 0.25) is 0 Å². The molecule has 1 aromatic heterocycles. The minimum Gasteiger partial charge on any atom is -0.297 e. The third-order valence-corrected chi connectivity index (χ3v) is 5.76. The molecule has 0 radical (unpaired) electrons. The Morgan fingerprint density at radius 2 is 2.36 bits per heavy atom. The van der Waals surface area contributed by atoms with Gasteiger partial charge in [-0.15, -0.1) is 11.3 Å². The molecule has 1 nitrogen and oxygen atoms in total. The van der Waals surface area contributed by atoms with Gasteiger partial charge < -0.3 is 0 Å². The highest BCUT2D eigenvalue weighted by atomic mass is 79.9. The van der Waals surface area contributed by atoms with E-state index in [1.54, 1.807) is 0 Å². The molecule has 1 fully saturated rings. The first-order valence-corrected chi connectivity index (χ1v) is 7.34. The van der Waals surface area contributed by atoms with Crippen molar-refractivity contribution in [3.8, 4) is 0 Å². The third kappa shape index (κ3) is 2.40. The molecule has 0 N–H and O–H groups in total. The standard InChI is InChI=1S/C10H13Br2NS/c1-7-4-13(5-9(7)12)6-10-8(11)2-3-14-10/h2-3,7,9H,4-6H2,1H3. The van der Waals surface area contributed by atoms with Gasteiger partial charge in [-0.2, -0.15) is 0 Å². The zero-order valence-corrected chi connectivity index (χ0v) is 12.0. The zero-order chi connectivity index (χ0) is 10.1. The number of alkyl halides is 1. The SMILES string of the molecule is CC1CN(Cc2sccc2Br)CC1Br. The van der Waals surface area contributed by atoms with E-state index >= 15 is 0 Å². The van der Waals surface area contributed by atoms with Gasteiger partial charge >= 0.3 is 0 Å². The van der Waals surface area contributed by atoms with E-state index in [4.69, 9.17) is 0 Å². The Kier molecular flexibility index (Phi) is 3.68. The molecule has 0 amide bonds. The van der Waals surface area contributed by atoms with Crippen LogP contribution in [0.2, 0.25) is 0 Å². The zero-order valence-electron chi connectivity index (χ0n) is 8.04. The van der Waals surface area contributed by atoms with Crippen molar-refractivity contribution in [2.75, 3.05) is 13.1 Å². The van der Waals surface area contributed by atoms with Gasteiger partial charge in [-0.3, -0.25) is 4.90 Å². The van der Waals surface area contributed by atoms with E-state index in [1.807, 2.05) is 11.3 Å². The van der Waals surface area contributed by atoms with E-state index in [1.165, 1.54) is 22.4 Å². The van der Waals surface area contributed by atoms with Crippen LogP contribution < -0.4 is 0 Å². The van der Waals surface area contributed by atoms with E-state index in [0.29, 0.717) is 4.83 Å². The summed E-state index contributed by atoms with van der Waals surface area (Å²) in [6.07, 6.45) is 0. The fourth-order valence-corrected chi connectivity index (χ4v) is 3.89. The van der Waals surface area contributed by atoms with E-state index in [9.17, 15) is 0 Å². The van der Waals surface area contributed by atoms with Crippen LogP contribution in [-0.2, 0) is 6.54 Å². The van der Waals surface area contributed by atoms with Gasteiger partial charge in [-0.05, 0) is 33.3 Å². The Balaban J connectivity index is 1.97. The molecule has 0 spiro atoms. The largest absolute Gasteiger partial charge is 0.297 e. The van der Waals surface area contributed by atoms with Crippen molar-refractivity contribution in [3.05, 3.63) is 20.8 Å². The van der Waals surface area contributed by atoms with Crippen molar-refractivity contribution in [2.45, 2.75) is 18.3 Å². The lowest BCUT2D eigenvalue weighted by atomic mass is 10.2. The molecule has 1 saturated heterocycles. The second-order valence-corrected chi connectivity index (χ2v) is 6.91. The van der Waals surface area contributed by atoms with Crippen LogP contribution in [-0.4, -0.2) is 22.8 Å². The molecule has 1 aliphatic heterocycles. The summed E-state index contributed by atoms with van der Waals surface area (Å²) >= 11 is 9.13. The Hall–Kier alpha value is 0.620. The highest BCUT2D eigenvalue weighted by Gasteiger charge is 2.27. The first-order valence-electron chi connectivity index (χ1n) is 4.75. The summed E-state index contributed by atoms with van der Waals surface area (Å²) in [6, 6.07) is 2.13. The van der Waals surface area contributed by atoms with Gasteiger partial charge in [-0.1, -0.05) is 22.9 Å². The van der Waals surface area contributed by atoms with Crippen LogP contribution in [0.1, 0.15) is 11.8 Å². The lowest BCUT2D eigenvalue weighted by Gasteiger charge is -2.13. The molecule has 2 rings (SSSR count). The van der Waals surface area contributed by atoms with E-state index in [2.05, 4.69) is 55.1 Å². The fourth-order valence-electron chi connectivity index (χ4n) is 1.79. The smallest absolute Gasteiger partial charge is 0.0339 e. The number of nitrogens with zero attached hydrogens (tertiary/aromatic N) is 1. The van der Waals surface area contributed by atoms with E-state index in [-0.39, 0.29) is 0 Å². The molecule has 2 heterocycles. The minimum absolute atomic E-state index is 0.668. The topological polar surface area (TPSA) is 3.24 Å². The average molecular weight is 339 g/mol. The maximum absolute atomic E-state index is 3.72. The molecule has 78 valence electrons. The normalized spacial score (nSPS) is 28.5. The molecule has 4 heteroatoms. The lowest BCUT2D eigenvalue weighted by Crippen LogP contribution is -2.19. The predicted octanol–water partition coefficient (Wildman–Crippen LogP) is 3.73. The van der Waals surface area contributed by atoms with Gasteiger partial charge in [0.05, 0.1) is 0 Å². The number of likely N-dealkylation sites (tertiary alicyclic amines) is 1. The van der Waals surface area contributed by atoms with Crippen LogP contribution in [0.5, 0.6) is 0 Å². The molecule has 0 saturated carbocycles. The Morgan fingerprint density at radius 3 is 2.86 bits per heavy atom. The fraction of sp³-hybridized carbons (Fsp3) is 0.600. The van der Waals surface area contributed by atoms with Gasteiger partial charge in [0, 0.05) is 33.8 Å². The van der Waals surface area contributed by atoms with Crippen LogP contribution in [0, 0.1) is 5.92 Å². The summed E-state index contributed by atoms with van der Waals surface area (Å²) in [5.74, 6) is 0.772. The summed E-state index contributed by atoms with van der Waals surface area (Å²) < 4.78 is 1.26. The maximum Gasteiger partial charge on any atom is 0.0339 e. The molecular formula is C10H13Br2NS. The highest BCUT2D eigenvalue weighted by molar-refractivity contribution is 9.10. The summed E-state index contributed by atoms with van der Waals surface area (Å²) in [4.78, 5) is 4.63. The monoisotopic (exact) mass is 337 g/mol. The molecule has 2 atom stereocenters. The van der Waals surface area contributed by atoms with Crippen molar-refractivity contribution in [1.29, 1.82) is 0 Å². The van der Waals surface area contributed by atoms with Crippen LogP contribution in [0.4, 0.5) is 0 Å². The number of thiophene rings is 1. The van der Waals surface area contributed by atoms with Gasteiger partial charge in [0.1, 0.15) is 0 Å². The first kappa shape index (κ1) is 11.1. The molecule has 14 heavy (non-hydrogen) atoms. The van der Waals surface area contributed by atoms with Crippen LogP contribution >= 0.6 is 43.2 Å². The molecular weight excluding hydrogens is 326 g/mol. The molecule has 2 unspecified atom stereocenters. The van der Waals surface area contributed by atoms with Crippen molar-refractivity contribution >= 4 is 43.2 Å². The number of hydrogen-bond donors (Lipinski definition) is 0. The third-order valence-electron chi connectivity index (χ3n) is 2.65. The van der Waals surface area contributed by atoms with Gasteiger partial charge in [0.25, 0.3) is 0 Å². The van der Waals surface area contributed by atoms with Crippen LogP contribution in [0.15, 0.2) is 15.9 Å². The second kappa shape index (κ2) is 4.64. The quantitative estimate of drug-likeness (QED) is 0.743. The average Bonchev–Trinajstić information content (AvgIpc) is 2.63. The minimum atomic E-state index is 0.668. The van der Waals surface area contributed by atoms with Crippen molar-refractivity contribution in [1.82, 2.24) is 4.90 Å². The van der Waals surface area contributed by atoms with Crippen molar-refractivity contribution in [2.24, 2.45) is 5.92 Å². The van der Waals surface area contributed by atoms with Crippen molar-refractivity contribution < 1.29 is 0 Å². The molecule has 0 aromatic carbocycles. The molecule has 0 bridgehead atoms. The number of rotatable bonds is 2. The summed E-state index contributed by atoms with van der Waals surface area (Å²) in [7, 11) is 0. The second-order valence-electron chi connectivity index (χ2n) is 3.88. The van der Waals surface area contributed by atoms with E-state index < -0.39 is 0 Å². The predicted molar refractivity (Wildman–Crippen MR) is 69.2 cm³/mol. The maximum atomic E-state index is 3.72. The summed E-state index contributed by atoms with van der Waals surface area (Å²) in [5.41, 5.74) is 0. The summed E-state index contributed by atoms with van der Waals surface area (Å²) in [5, 5.41) is 2.14. The lowest BCUT2D eigenvalue weighted by molar-refractivity contribution is 0.323. The van der Waals surface area contributed by atoms with Crippen LogP contribution in [0.3, 0.4) is 0 Å². The molecule has 0 aliphatic carbocycles. The Morgan fingerprint density at radius 1 is 1.57 bits per heavy atom. The van der Waals surface area contributed by atoms with E-state index in [0.717, 1.165) is 12.5 Å². The first-order chi connectivity index (χ1) is 6.66. The Bertz CT molecular complexity index is 303. The number of hydrogen-bond acceptors (Lipinski definition) is 2. The Labute approximate surface area is 106 Å². The van der Waals surface area contributed by atoms with Gasteiger partial charge in [0.15, 0.2) is 0 Å². The molecule has 1 aromatic rings. The van der Waals surface area contributed by atoms with Crippen molar-refractivity contribution in [3.63, 3.8) is 0 Å².